The van der Waals surface area contributed by atoms with Gasteiger partial charge < -0.3 is 4.90 Å². The topological polar surface area (TPSA) is 28.5 Å². The molecule has 0 amide bonds. The van der Waals surface area contributed by atoms with Crippen LogP contribution in [0.25, 0.3) is 11.3 Å². The SMILES string of the molecule is CN(C)c1ccc(/C=N/c2nc(-c3ccccc3)cs2)cc1. The van der Waals surface area contributed by atoms with Crippen LogP contribution in [0.5, 0.6) is 0 Å². The Morgan fingerprint density at radius 2 is 1.73 bits per heavy atom. The predicted molar refractivity (Wildman–Crippen MR) is 95.6 cm³/mol. The zero-order chi connectivity index (χ0) is 15.4. The van der Waals surface area contributed by atoms with Gasteiger partial charge in [-0.3, -0.25) is 0 Å². The van der Waals surface area contributed by atoms with Crippen LogP contribution in [0.15, 0.2) is 65.0 Å². The molecule has 0 saturated carbocycles. The van der Waals surface area contributed by atoms with E-state index in [0.29, 0.717) is 0 Å². The highest BCUT2D eigenvalue weighted by atomic mass is 32.1. The number of anilines is 1. The minimum Gasteiger partial charge on any atom is -0.378 e. The summed E-state index contributed by atoms with van der Waals surface area (Å²) in [5.41, 5.74) is 4.34. The van der Waals surface area contributed by atoms with Crippen molar-refractivity contribution in [2.45, 2.75) is 0 Å². The van der Waals surface area contributed by atoms with Crippen LogP contribution in [-0.2, 0) is 0 Å². The largest absolute Gasteiger partial charge is 0.378 e. The molecule has 0 bridgehead atoms. The maximum absolute atomic E-state index is 4.55. The summed E-state index contributed by atoms with van der Waals surface area (Å²) in [6, 6.07) is 18.4. The number of aromatic nitrogens is 1. The van der Waals surface area contributed by atoms with Gasteiger partial charge in [0.05, 0.1) is 5.69 Å². The smallest absolute Gasteiger partial charge is 0.209 e. The van der Waals surface area contributed by atoms with Crippen LogP contribution in [0, 0.1) is 0 Å². The van der Waals surface area contributed by atoms with Gasteiger partial charge in [0.15, 0.2) is 0 Å². The van der Waals surface area contributed by atoms with E-state index in [4.69, 9.17) is 0 Å². The molecule has 1 aromatic heterocycles. The number of benzene rings is 2. The molecule has 0 aliphatic carbocycles. The zero-order valence-electron chi connectivity index (χ0n) is 12.6. The number of thiazole rings is 1. The second-order valence-corrected chi connectivity index (χ2v) is 5.96. The Balaban J connectivity index is 1.74. The standard InChI is InChI=1S/C18H17N3S/c1-21(2)16-10-8-14(9-11-16)12-19-18-20-17(13-22-18)15-6-4-3-5-7-15/h3-13H,1-2H3/b19-12+. The minimum absolute atomic E-state index is 0.774. The lowest BCUT2D eigenvalue weighted by Gasteiger charge is -2.11. The van der Waals surface area contributed by atoms with Crippen LogP contribution in [0.4, 0.5) is 10.8 Å². The third-order valence-electron chi connectivity index (χ3n) is 3.30. The van der Waals surface area contributed by atoms with Gasteiger partial charge in [-0.25, -0.2) is 9.98 Å². The maximum Gasteiger partial charge on any atom is 0.209 e. The Morgan fingerprint density at radius 3 is 2.41 bits per heavy atom. The third kappa shape index (κ3) is 3.40. The molecule has 22 heavy (non-hydrogen) atoms. The Bertz CT molecular complexity index is 759. The minimum atomic E-state index is 0.774. The molecule has 0 unspecified atom stereocenters. The molecule has 0 spiro atoms. The van der Waals surface area contributed by atoms with Gasteiger partial charge in [-0.15, -0.1) is 11.3 Å². The fourth-order valence-electron chi connectivity index (χ4n) is 2.05. The van der Waals surface area contributed by atoms with Crippen molar-refractivity contribution < 1.29 is 0 Å². The predicted octanol–water partition coefficient (Wildman–Crippen LogP) is 4.63. The van der Waals surface area contributed by atoms with Crippen molar-refractivity contribution in [2.75, 3.05) is 19.0 Å². The summed E-state index contributed by atoms with van der Waals surface area (Å²) < 4.78 is 0. The fraction of sp³-hybridized carbons (Fsp3) is 0.111. The van der Waals surface area contributed by atoms with E-state index in [1.807, 2.05) is 43.9 Å². The van der Waals surface area contributed by atoms with Crippen LogP contribution in [-0.4, -0.2) is 25.3 Å². The van der Waals surface area contributed by atoms with Crippen molar-refractivity contribution in [3.05, 3.63) is 65.5 Å². The third-order valence-corrected chi connectivity index (χ3v) is 4.04. The summed E-state index contributed by atoms with van der Waals surface area (Å²) in [7, 11) is 4.06. The monoisotopic (exact) mass is 307 g/mol. The Labute approximate surface area is 134 Å². The zero-order valence-corrected chi connectivity index (χ0v) is 13.4. The van der Waals surface area contributed by atoms with Gasteiger partial charge in [-0.1, -0.05) is 42.5 Å². The van der Waals surface area contributed by atoms with E-state index in [0.717, 1.165) is 22.0 Å². The molecule has 0 aliphatic rings. The van der Waals surface area contributed by atoms with E-state index in [-0.39, 0.29) is 0 Å². The molecule has 0 atom stereocenters. The van der Waals surface area contributed by atoms with E-state index in [1.54, 1.807) is 11.3 Å². The number of hydrogen-bond donors (Lipinski definition) is 0. The van der Waals surface area contributed by atoms with Gasteiger partial charge in [-0.05, 0) is 17.7 Å². The second-order valence-electron chi connectivity index (χ2n) is 5.13. The van der Waals surface area contributed by atoms with Crippen LogP contribution in [0.3, 0.4) is 0 Å². The van der Waals surface area contributed by atoms with Gasteiger partial charge in [0.25, 0.3) is 0 Å². The van der Waals surface area contributed by atoms with Crippen LogP contribution < -0.4 is 4.90 Å². The molecular formula is C18H17N3S. The molecule has 3 aromatic rings. The van der Waals surface area contributed by atoms with Crippen molar-refractivity contribution >= 4 is 28.4 Å². The Kier molecular flexibility index (Phi) is 4.30. The molecule has 0 fully saturated rings. The van der Waals surface area contributed by atoms with Crippen molar-refractivity contribution in [1.29, 1.82) is 0 Å². The van der Waals surface area contributed by atoms with Gasteiger partial charge in [-0.2, -0.15) is 0 Å². The molecular weight excluding hydrogens is 290 g/mol. The van der Waals surface area contributed by atoms with Gasteiger partial charge >= 0.3 is 0 Å². The van der Waals surface area contributed by atoms with Crippen molar-refractivity contribution in [1.82, 2.24) is 4.98 Å². The molecule has 0 aliphatic heterocycles. The summed E-state index contributed by atoms with van der Waals surface area (Å²) in [4.78, 5) is 11.1. The fourth-order valence-corrected chi connectivity index (χ4v) is 2.72. The molecule has 0 saturated heterocycles. The molecule has 4 heteroatoms. The summed E-state index contributed by atoms with van der Waals surface area (Å²) >= 11 is 1.55. The van der Waals surface area contributed by atoms with E-state index in [2.05, 4.69) is 51.3 Å². The molecule has 0 radical (unpaired) electrons. The first-order valence-corrected chi connectivity index (χ1v) is 7.93. The summed E-state index contributed by atoms with van der Waals surface area (Å²) in [6.07, 6.45) is 1.85. The first-order chi connectivity index (χ1) is 10.7. The molecule has 110 valence electrons. The molecule has 3 rings (SSSR count). The summed E-state index contributed by atoms with van der Waals surface area (Å²) in [5, 5.41) is 2.81. The lowest BCUT2D eigenvalue weighted by Crippen LogP contribution is -2.08. The average Bonchev–Trinajstić information content (AvgIpc) is 3.03. The van der Waals surface area contributed by atoms with Crippen molar-refractivity contribution in [3.63, 3.8) is 0 Å². The highest BCUT2D eigenvalue weighted by molar-refractivity contribution is 7.13. The number of nitrogens with zero attached hydrogens (tertiary/aromatic N) is 3. The Hall–Kier alpha value is -2.46. The van der Waals surface area contributed by atoms with E-state index < -0.39 is 0 Å². The van der Waals surface area contributed by atoms with Crippen molar-refractivity contribution in [3.8, 4) is 11.3 Å². The normalized spacial score (nSPS) is 11.0. The molecule has 2 aromatic carbocycles. The molecule has 0 N–H and O–H groups in total. The Morgan fingerprint density at radius 1 is 1.00 bits per heavy atom. The first-order valence-electron chi connectivity index (χ1n) is 7.05. The molecule has 1 heterocycles. The van der Waals surface area contributed by atoms with E-state index >= 15 is 0 Å². The van der Waals surface area contributed by atoms with Crippen LogP contribution in [0.1, 0.15) is 5.56 Å². The first kappa shape index (κ1) is 14.5. The summed E-state index contributed by atoms with van der Waals surface area (Å²) in [6.45, 7) is 0. The quantitative estimate of drug-likeness (QED) is 0.658. The second kappa shape index (κ2) is 6.54. The highest BCUT2D eigenvalue weighted by Crippen LogP contribution is 2.26. The van der Waals surface area contributed by atoms with Crippen LogP contribution in [0.2, 0.25) is 0 Å². The lowest BCUT2D eigenvalue weighted by atomic mass is 10.2. The van der Waals surface area contributed by atoms with Crippen molar-refractivity contribution in [2.24, 2.45) is 4.99 Å². The van der Waals surface area contributed by atoms with Crippen LogP contribution >= 0.6 is 11.3 Å². The lowest BCUT2D eigenvalue weighted by molar-refractivity contribution is 1.13. The van der Waals surface area contributed by atoms with Gasteiger partial charge in [0, 0.05) is 36.9 Å². The summed E-state index contributed by atoms with van der Waals surface area (Å²) in [5.74, 6) is 0. The number of rotatable bonds is 4. The van der Waals surface area contributed by atoms with Gasteiger partial charge in [0.1, 0.15) is 0 Å². The van der Waals surface area contributed by atoms with E-state index in [9.17, 15) is 0 Å². The number of aliphatic imine (C=N–C) groups is 1. The highest BCUT2D eigenvalue weighted by Gasteiger charge is 2.02. The molecule has 3 nitrogen and oxygen atoms in total. The maximum atomic E-state index is 4.55. The van der Waals surface area contributed by atoms with Gasteiger partial charge in [0.2, 0.25) is 5.13 Å². The number of hydrogen-bond acceptors (Lipinski definition) is 4. The van der Waals surface area contributed by atoms with E-state index in [1.165, 1.54) is 5.69 Å². The average molecular weight is 307 g/mol.